The van der Waals surface area contributed by atoms with Gasteiger partial charge in [-0.3, -0.25) is 4.99 Å². The van der Waals surface area contributed by atoms with Gasteiger partial charge in [-0.15, -0.1) is 0 Å². The second-order valence-corrected chi connectivity index (χ2v) is 5.92. The normalized spacial score (nSPS) is 21.2. The molecule has 2 unspecified atom stereocenters. The van der Waals surface area contributed by atoms with Gasteiger partial charge in [-0.2, -0.15) is 0 Å². The van der Waals surface area contributed by atoms with Crippen LogP contribution in [0.4, 0.5) is 0 Å². The molecule has 4 nitrogen and oxygen atoms in total. The Hall–Kier alpha value is -0.710. The van der Waals surface area contributed by atoms with Crippen LogP contribution in [0.2, 0.25) is 0 Å². The van der Waals surface area contributed by atoms with E-state index in [4.69, 9.17) is 4.74 Å². The maximum atomic E-state index is 11.4. The molecule has 0 saturated heterocycles. The van der Waals surface area contributed by atoms with Gasteiger partial charge >= 0.3 is 5.97 Å². The first kappa shape index (κ1) is 14.4. The van der Waals surface area contributed by atoms with Crippen molar-refractivity contribution in [1.29, 1.82) is 0 Å². The highest BCUT2D eigenvalue weighted by Gasteiger charge is 2.23. The molecule has 0 saturated carbocycles. The lowest BCUT2D eigenvalue weighted by Crippen LogP contribution is -2.38. The van der Waals surface area contributed by atoms with Crippen molar-refractivity contribution < 1.29 is 9.53 Å². The van der Waals surface area contributed by atoms with E-state index >= 15 is 0 Å². The summed E-state index contributed by atoms with van der Waals surface area (Å²) < 4.78 is 4.94. The van der Waals surface area contributed by atoms with Crippen LogP contribution in [0.25, 0.3) is 0 Å². The van der Waals surface area contributed by atoms with E-state index in [1.807, 2.05) is 6.92 Å². The fourth-order valence-electron chi connectivity index (χ4n) is 1.66. The Morgan fingerprint density at radius 2 is 2.29 bits per heavy atom. The number of rotatable bonds is 5. The average molecular weight is 258 g/mol. The molecule has 98 valence electrons. The van der Waals surface area contributed by atoms with Gasteiger partial charge in [0, 0.05) is 5.25 Å². The minimum absolute atomic E-state index is 0.219. The Morgan fingerprint density at radius 1 is 1.59 bits per heavy atom. The van der Waals surface area contributed by atoms with E-state index < -0.39 is 0 Å². The number of aliphatic imine (C=N–C) groups is 1. The fraction of sp³-hybridized carbons (Fsp3) is 0.833. The predicted molar refractivity (Wildman–Crippen MR) is 72.4 cm³/mol. The van der Waals surface area contributed by atoms with Gasteiger partial charge in [0.1, 0.15) is 6.04 Å². The summed E-state index contributed by atoms with van der Waals surface area (Å²) in [5.41, 5.74) is 0. The molecule has 1 rings (SSSR count). The molecule has 0 radical (unpaired) electrons. The summed E-state index contributed by atoms with van der Waals surface area (Å²) in [5, 5.41) is 4.52. The Bertz CT molecular complexity index is 292. The second-order valence-electron chi connectivity index (χ2n) is 4.63. The fourth-order valence-corrected chi connectivity index (χ4v) is 3.00. The molecule has 0 fully saturated rings. The Labute approximate surface area is 108 Å². The van der Waals surface area contributed by atoms with Crippen LogP contribution in [0.1, 0.15) is 34.1 Å². The van der Waals surface area contributed by atoms with Crippen LogP contribution in [0, 0.1) is 5.92 Å². The lowest BCUT2D eigenvalue weighted by atomic mass is 10.1. The second kappa shape index (κ2) is 6.89. The number of thioether (sulfide) groups is 1. The van der Waals surface area contributed by atoms with Crippen LogP contribution in [-0.4, -0.2) is 35.6 Å². The Balaban J connectivity index is 2.32. The molecule has 0 bridgehead atoms. The average Bonchev–Trinajstić information content (AvgIpc) is 2.64. The van der Waals surface area contributed by atoms with Gasteiger partial charge in [-0.05, 0) is 26.2 Å². The molecule has 0 aliphatic carbocycles. The van der Waals surface area contributed by atoms with E-state index in [2.05, 4.69) is 24.2 Å². The van der Waals surface area contributed by atoms with Crippen molar-refractivity contribution in [3.8, 4) is 0 Å². The molecule has 2 atom stereocenters. The molecular formula is C12H22N2O2S. The third kappa shape index (κ3) is 4.98. The first-order valence-electron chi connectivity index (χ1n) is 6.17. The summed E-state index contributed by atoms with van der Waals surface area (Å²) >= 11 is 1.73. The van der Waals surface area contributed by atoms with Gasteiger partial charge in [0.15, 0.2) is 5.17 Å². The molecule has 5 heteroatoms. The molecule has 1 aliphatic rings. The van der Waals surface area contributed by atoms with Gasteiger partial charge in [0.25, 0.3) is 0 Å². The Morgan fingerprint density at radius 3 is 2.88 bits per heavy atom. The van der Waals surface area contributed by atoms with Crippen LogP contribution in [0.5, 0.6) is 0 Å². The van der Waals surface area contributed by atoms with Crippen molar-refractivity contribution in [2.24, 2.45) is 10.9 Å². The van der Waals surface area contributed by atoms with Crippen molar-refractivity contribution in [2.75, 3.05) is 13.2 Å². The van der Waals surface area contributed by atoms with E-state index in [-0.39, 0.29) is 12.0 Å². The number of nitrogens with one attached hydrogen (secondary N) is 1. The van der Waals surface area contributed by atoms with E-state index in [0.29, 0.717) is 17.8 Å². The summed E-state index contributed by atoms with van der Waals surface area (Å²) in [4.78, 5) is 15.9. The Kier molecular flexibility index (Phi) is 5.82. The molecule has 0 spiro atoms. The number of esters is 1. The topological polar surface area (TPSA) is 50.7 Å². The highest BCUT2D eigenvalue weighted by molar-refractivity contribution is 8.14. The van der Waals surface area contributed by atoms with Crippen molar-refractivity contribution in [1.82, 2.24) is 5.32 Å². The van der Waals surface area contributed by atoms with E-state index in [1.54, 1.807) is 18.7 Å². The van der Waals surface area contributed by atoms with E-state index in [9.17, 15) is 4.79 Å². The molecular weight excluding hydrogens is 236 g/mol. The monoisotopic (exact) mass is 258 g/mol. The van der Waals surface area contributed by atoms with Gasteiger partial charge in [-0.25, -0.2) is 4.79 Å². The quantitative estimate of drug-likeness (QED) is 0.767. The first-order valence-corrected chi connectivity index (χ1v) is 7.05. The standard InChI is InChI=1S/C12H22N2O2S/c1-5-16-11(15)9(4)14-12-13-7-10(17-12)6-8(2)3/h8-10H,5-7H2,1-4H3,(H,13,14). The van der Waals surface area contributed by atoms with Crippen LogP contribution < -0.4 is 5.32 Å². The van der Waals surface area contributed by atoms with Crippen molar-refractivity contribution in [2.45, 2.75) is 45.4 Å². The third-order valence-corrected chi connectivity index (χ3v) is 3.58. The van der Waals surface area contributed by atoms with E-state index in [1.165, 1.54) is 0 Å². The van der Waals surface area contributed by atoms with Gasteiger partial charge in [-0.1, -0.05) is 25.6 Å². The van der Waals surface area contributed by atoms with Gasteiger partial charge in [0.2, 0.25) is 0 Å². The lowest BCUT2D eigenvalue weighted by Gasteiger charge is -2.14. The van der Waals surface area contributed by atoms with Gasteiger partial charge < -0.3 is 10.1 Å². The maximum absolute atomic E-state index is 11.4. The van der Waals surface area contributed by atoms with E-state index in [0.717, 1.165) is 18.1 Å². The maximum Gasteiger partial charge on any atom is 0.328 e. The SMILES string of the molecule is CCOC(=O)C(C)NC1=NCC(CC(C)C)S1. The minimum Gasteiger partial charge on any atom is -0.464 e. The summed E-state index contributed by atoms with van der Waals surface area (Å²) in [6, 6.07) is -0.320. The zero-order chi connectivity index (χ0) is 12.8. The molecule has 1 N–H and O–H groups in total. The number of hydrogen-bond acceptors (Lipinski definition) is 5. The molecule has 1 aliphatic heterocycles. The highest BCUT2D eigenvalue weighted by atomic mass is 32.2. The largest absolute Gasteiger partial charge is 0.464 e. The van der Waals surface area contributed by atoms with Crippen LogP contribution in [0.3, 0.4) is 0 Å². The van der Waals surface area contributed by atoms with Crippen molar-refractivity contribution in [3.05, 3.63) is 0 Å². The number of nitrogens with zero attached hydrogens (tertiary/aromatic N) is 1. The summed E-state index contributed by atoms with van der Waals surface area (Å²) in [6.45, 7) is 9.31. The number of amidine groups is 1. The molecule has 0 amide bonds. The number of hydrogen-bond donors (Lipinski definition) is 1. The predicted octanol–water partition coefficient (Wildman–Crippen LogP) is 2.05. The summed E-state index contributed by atoms with van der Waals surface area (Å²) in [5.74, 6) is 0.465. The number of carbonyl (C=O) groups is 1. The van der Waals surface area contributed by atoms with Crippen LogP contribution in [0.15, 0.2) is 4.99 Å². The van der Waals surface area contributed by atoms with Crippen molar-refractivity contribution >= 4 is 22.9 Å². The smallest absolute Gasteiger partial charge is 0.328 e. The summed E-state index contributed by atoms with van der Waals surface area (Å²) in [6.07, 6.45) is 1.16. The molecule has 17 heavy (non-hydrogen) atoms. The number of ether oxygens (including phenoxy) is 1. The summed E-state index contributed by atoms with van der Waals surface area (Å²) in [7, 11) is 0. The van der Waals surface area contributed by atoms with Crippen LogP contribution in [-0.2, 0) is 9.53 Å². The lowest BCUT2D eigenvalue weighted by molar-refractivity contribution is -0.144. The minimum atomic E-state index is -0.320. The molecule has 0 aromatic rings. The molecule has 0 aromatic carbocycles. The molecule has 1 heterocycles. The van der Waals surface area contributed by atoms with Crippen molar-refractivity contribution in [3.63, 3.8) is 0 Å². The third-order valence-electron chi connectivity index (χ3n) is 2.43. The zero-order valence-corrected chi connectivity index (χ0v) is 11.8. The highest BCUT2D eigenvalue weighted by Crippen LogP contribution is 2.25. The number of carbonyl (C=O) groups excluding carboxylic acids is 1. The van der Waals surface area contributed by atoms with Crippen LogP contribution >= 0.6 is 11.8 Å². The van der Waals surface area contributed by atoms with Gasteiger partial charge in [0.05, 0.1) is 13.2 Å². The molecule has 0 aromatic heterocycles. The first-order chi connectivity index (χ1) is 8.02. The zero-order valence-electron chi connectivity index (χ0n) is 11.0.